The Morgan fingerprint density at radius 3 is 1.81 bits per heavy atom. The molecular weight excluding hydrogens is 396 g/mol. The van der Waals surface area contributed by atoms with Crippen molar-refractivity contribution in [2.45, 2.75) is 0 Å². The summed E-state index contributed by atoms with van der Waals surface area (Å²) in [5, 5.41) is 20.2. The van der Waals surface area contributed by atoms with E-state index in [9.17, 15) is 10.2 Å². The average molecular weight is 417 g/mol. The van der Waals surface area contributed by atoms with Gasteiger partial charge in [0.15, 0.2) is 11.5 Å². The molecule has 4 aromatic carbocycles. The number of terminal acetylenes is 1. The maximum absolute atomic E-state index is 9.52. The van der Waals surface area contributed by atoms with E-state index in [0.29, 0.717) is 5.39 Å². The quantitative estimate of drug-likeness (QED) is 0.238. The molecule has 0 aliphatic carbocycles. The predicted molar refractivity (Wildman–Crippen MR) is 130 cm³/mol. The number of hydrogen-bond donors (Lipinski definition) is 2. The van der Waals surface area contributed by atoms with Gasteiger partial charge in [-0.15, -0.1) is 6.42 Å². The molecule has 0 fully saturated rings. The van der Waals surface area contributed by atoms with Crippen LogP contribution < -0.4 is 0 Å². The van der Waals surface area contributed by atoms with Gasteiger partial charge in [0.25, 0.3) is 0 Å². The summed E-state index contributed by atoms with van der Waals surface area (Å²) in [5.41, 5.74) is 10.8. The molecule has 1 aliphatic heterocycles. The highest BCUT2D eigenvalue weighted by Gasteiger charge is 2.13. The van der Waals surface area contributed by atoms with E-state index in [1.54, 1.807) is 24.3 Å². The first-order chi connectivity index (χ1) is 15.2. The Morgan fingerprint density at radius 2 is 1.26 bits per heavy atom. The molecule has 0 aromatic heterocycles. The molecule has 2 radical (unpaired) electrons. The fraction of sp³-hybridized carbons (Fsp3) is 0. The van der Waals surface area contributed by atoms with Gasteiger partial charge in [-0.1, -0.05) is 84.0 Å². The lowest BCUT2D eigenvalue weighted by Gasteiger charge is -2.09. The maximum Gasteiger partial charge on any atom is 0.165 e. The van der Waals surface area contributed by atoms with Gasteiger partial charge < -0.3 is 10.2 Å². The summed E-state index contributed by atoms with van der Waals surface area (Å²) in [6.07, 6.45) is 5.25. The van der Waals surface area contributed by atoms with Crippen molar-refractivity contribution in [3.63, 3.8) is 0 Å². The molecule has 0 atom stereocenters. The van der Waals surface area contributed by atoms with Crippen LogP contribution in [0.1, 0.15) is 16.7 Å². The lowest BCUT2D eigenvalue weighted by Crippen LogP contribution is -1.86. The minimum Gasteiger partial charge on any atom is -0.504 e. The lowest BCUT2D eigenvalue weighted by atomic mass is 9.95. The SMILES string of the molecule is C#Cc1ccc2c(O)c(O)ccc2c1.C1=C(c2ccccc2)C(c2ccccc2)=C[Si]1. The summed E-state index contributed by atoms with van der Waals surface area (Å²) in [6.45, 7) is 0. The first kappa shape index (κ1) is 20.3. The Labute approximate surface area is 184 Å². The molecule has 3 heteroatoms. The van der Waals surface area contributed by atoms with Crippen LogP contribution in [0.15, 0.2) is 102 Å². The van der Waals surface area contributed by atoms with Crippen molar-refractivity contribution in [3.8, 4) is 23.8 Å². The molecule has 0 bridgehead atoms. The van der Waals surface area contributed by atoms with Crippen LogP contribution in [0.3, 0.4) is 0 Å². The van der Waals surface area contributed by atoms with E-state index in [2.05, 4.69) is 78.0 Å². The lowest BCUT2D eigenvalue weighted by molar-refractivity contribution is 0.408. The van der Waals surface area contributed by atoms with E-state index < -0.39 is 0 Å². The summed E-state index contributed by atoms with van der Waals surface area (Å²) in [4.78, 5) is 0. The van der Waals surface area contributed by atoms with Gasteiger partial charge in [0.2, 0.25) is 0 Å². The van der Waals surface area contributed by atoms with E-state index in [0.717, 1.165) is 20.5 Å². The number of benzene rings is 4. The zero-order chi connectivity index (χ0) is 21.6. The second kappa shape index (κ2) is 9.21. The molecule has 0 spiro atoms. The van der Waals surface area contributed by atoms with Gasteiger partial charge in [-0.05, 0) is 51.9 Å². The van der Waals surface area contributed by atoms with Gasteiger partial charge in [0, 0.05) is 10.9 Å². The number of aromatic hydroxyl groups is 2. The van der Waals surface area contributed by atoms with Crippen molar-refractivity contribution in [2.24, 2.45) is 0 Å². The van der Waals surface area contributed by atoms with E-state index in [1.165, 1.54) is 28.3 Å². The van der Waals surface area contributed by atoms with Crippen LogP contribution in [-0.4, -0.2) is 19.7 Å². The summed E-state index contributed by atoms with van der Waals surface area (Å²) in [7, 11) is 0.796. The zero-order valence-electron chi connectivity index (χ0n) is 16.8. The Morgan fingerprint density at radius 1 is 0.677 bits per heavy atom. The van der Waals surface area contributed by atoms with Crippen LogP contribution in [0.5, 0.6) is 11.5 Å². The van der Waals surface area contributed by atoms with Crippen molar-refractivity contribution < 1.29 is 10.2 Å². The number of allylic oxidation sites excluding steroid dienone is 2. The highest BCUT2D eigenvalue weighted by atomic mass is 28.2. The number of hydrogen-bond acceptors (Lipinski definition) is 2. The molecule has 0 unspecified atom stereocenters. The second-order valence-corrected chi connectivity index (χ2v) is 7.94. The monoisotopic (exact) mass is 416 g/mol. The van der Waals surface area contributed by atoms with Crippen molar-refractivity contribution in [1.29, 1.82) is 0 Å². The van der Waals surface area contributed by atoms with Gasteiger partial charge in [-0.25, -0.2) is 0 Å². The number of phenolic OH excluding ortho intramolecular Hbond substituents is 2. The van der Waals surface area contributed by atoms with Crippen molar-refractivity contribution in [2.75, 3.05) is 0 Å². The number of fused-ring (bicyclic) bond motifs is 1. The molecule has 31 heavy (non-hydrogen) atoms. The highest BCUT2D eigenvalue weighted by molar-refractivity contribution is 6.56. The average Bonchev–Trinajstić information content (AvgIpc) is 3.33. The standard InChI is InChI=1S/C16H12Si.C12H8O2/c1-3-7-13(8-4-1)15-11-17-12-16(15)14-9-5-2-6-10-14;1-2-8-3-5-10-9(7-8)4-6-11(13)12(10)14/h1-12H;1,3-7,13-14H. The van der Waals surface area contributed by atoms with Gasteiger partial charge in [-0.3, -0.25) is 0 Å². The van der Waals surface area contributed by atoms with E-state index >= 15 is 0 Å². The highest BCUT2D eigenvalue weighted by Crippen LogP contribution is 2.34. The Hall–Kier alpha value is -4.00. The molecule has 5 rings (SSSR count). The van der Waals surface area contributed by atoms with Crippen LogP contribution in [0, 0.1) is 12.3 Å². The first-order valence-electron chi connectivity index (χ1n) is 9.86. The molecule has 2 N–H and O–H groups in total. The maximum atomic E-state index is 9.52. The smallest absolute Gasteiger partial charge is 0.165 e. The Balaban J connectivity index is 0.000000152. The summed E-state index contributed by atoms with van der Waals surface area (Å²) in [6, 6.07) is 29.6. The van der Waals surface area contributed by atoms with Gasteiger partial charge in [0.05, 0.1) is 0 Å². The molecule has 148 valence electrons. The Bertz CT molecular complexity index is 1260. The summed E-state index contributed by atoms with van der Waals surface area (Å²) < 4.78 is 0. The minimum absolute atomic E-state index is 0.105. The molecule has 2 nitrogen and oxygen atoms in total. The predicted octanol–water partition coefficient (Wildman–Crippen LogP) is 6.02. The molecule has 0 saturated heterocycles. The molecule has 4 aromatic rings. The van der Waals surface area contributed by atoms with Crippen molar-refractivity contribution >= 4 is 31.4 Å². The van der Waals surface area contributed by atoms with E-state index in [1.807, 2.05) is 0 Å². The largest absolute Gasteiger partial charge is 0.504 e. The number of rotatable bonds is 2. The normalized spacial score (nSPS) is 12.4. The minimum atomic E-state index is -0.119. The van der Waals surface area contributed by atoms with Crippen molar-refractivity contribution in [3.05, 3.63) is 119 Å². The van der Waals surface area contributed by atoms with E-state index in [4.69, 9.17) is 6.42 Å². The van der Waals surface area contributed by atoms with Crippen LogP contribution in [0.4, 0.5) is 0 Å². The third-order valence-corrected chi connectivity index (χ3v) is 5.96. The fourth-order valence-electron chi connectivity index (χ4n) is 3.47. The van der Waals surface area contributed by atoms with Crippen LogP contribution in [0.25, 0.3) is 21.9 Å². The first-order valence-corrected chi connectivity index (χ1v) is 11.0. The Kier molecular flexibility index (Phi) is 6.02. The third kappa shape index (κ3) is 4.45. The fourth-order valence-corrected chi connectivity index (χ4v) is 4.53. The van der Waals surface area contributed by atoms with Crippen LogP contribution in [0.2, 0.25) is 0 Å². The summed E-state index contributed by atoms with van der Waals surface area (Å²) in [5.74, 6) is 2.28. The molecule has 1 aliphatic rings. The number of phenols is 2. The topological polar surface area (TPSA) is 40.5 Å². The third-order valence-electron chi connectivity index (χ3n) is 5.05. The van der Waals surface area contributed by atoms with E-state index in [-0.39, 0.29) is 11.5 Å². The van der Waals surface area contributed by atoms with Crippen molar-refractivity contribution in [1.82, 2.24) is 0 Å². The van der Waals surface area contributed by atoms with Gasteiger partial charge in [-0.2, -0.15) is 0 Å². The van der Waals surface area contributed by atoms with Gasteiger partial charge >= 0.3 is 0 Å². The second-order valence-electron chi connectivity index (χ2n) is 7.03. The molecule has 0 saturated carbocycles. The van der Waals surface area contributed by atoms with Gasteiger partial charge in [0.1, 0.15) is 9.52 Å². The van der Waals surface area contributed by atoms with Crippen LogP contribution in [-0.2, 0) is 0 Å². The molecule has 1 heterocycles. The van der Waals surface area contributed by atoms with Crippen LogP contribution >= 0.6 is 0 Å². The summed E-state index contributed by atoms with van der Waals surface area (Å²) >= 11 is 0. The zero-order valence-corrected chi connectivity index (χ0v) is 17.8. The molecule has 0 amide bonds. The molecular formula is C28H20O2Si.